The van der Waals surface area contributed by atoms with Gasteiger partial charge < -0.3 is 4.74 Å². The van der Waals surface area contributed by atoms with Crippen molar-refractivity contribution < 1.29 is 13.2 Å². The van der Waals surface area contributed by atoms with Gasteiger partial charge in [0.05, 0.1) is 27.4 Å². The minimum atomic E-state index is -3.54. The second-order valence-electron chi connectivity index (χ2n) is 4.49. The summed E-state index contributed by atoms with van der Waals surface area (Å²) < 4.78 is 27.8. The van der Waals surface area contributed by atoms with Gasteiger partial charge in [0.2, 0.25) is 10.0 Å². The molecule has 0 saturated heterocycles. The maximum atomic E-state index is 11.2. The second-order valence-corrected chi connectivity index (χ2v) is 7.37. The molecule has 114 valence electrons. The van der Waals surface area contributed by atoms with E-state index in [0.29, 0.717) is 27.2 Å². The molecule has 1 aromatic carbocycles. The summed E-state index contributed by atoms with van der Waals surface area (Å²) in [5, 5.41) is 6.04. The van der Waals surface area contributed by atoms with Crippen molar-refractivity contribution >= 4 is 44.8 Å². The summed E-state index contributed by atoms with van der Waals surface area (Å²) >= 11 is 17.7. The van der Waals surface area contributed by atoms with Gasteiger partial charge in [-0.3, -0.25) is 0 Å². The van der Waals surface area contributed by atoms with E-state index >= 15 is 0 Å². The lowest BCUT2D eigenvalue weighted by atomic mass is 10.1. The lowest BCUT2D eigenvalue weighted by Crippen LogP contribution is -2.27. The largest absolute Gasteiger partial charge is 0.492 e. The Morgan fingerprint density at radius 1 is 1.20 bits per heavy atom. The van der Waals surface area contributed by atoms with Gasteiger partial charge in [-0.15, -0.1) is 0 Å². The van der Waals surface area contributed by atoms with Gasteiger partial charge in [-0.05, 0) is 12.5 Å². The Morgan fingerprint density at radius 3 is 2.35 bits per heavy atom. The third-order valence-corrected chi connectivity index (χ3v) is 4.57. The first-order valence-electron chi connectivity index (χ1n) is 6.00. The second kappa shape index (κ2) is 7.71. The van der Waals surface area contributed by atoms with E-state index in [4.69, 9.17) is 44.7 Å². The van der Waals surface area contributed by atoms with Crippen LogP contribution in [0, 0.1) is 5.92 Å². The number of benzene rings is 1. The molecule has 0 aliphatic carbocycles. The zero-order valence-electron chi connectivity index (χ0n) is 10.9. The number of hydrogen-bond donors (Lipinski definition) is 1. The van der Waals surface area contributed by atoms with Crippen molar-refractivity contribution in [3.8, 4) is 5.75 Å². The lowest BCUT2D eigenvalue weighted by Gasteiger charge is -2.17. The fourth-order valence-corrected chi connectivity index (χ4v) is 3.29. The molecular weight excluding hydrogens is 345 g/mol. The topological polar surface area (TPSA) is 69.4 Å². The molecular formula is C12H16Cl3NO3S. The Hall–Kier alpha value is -0.200. The molecule has 1 rings (SSSR count). The SMILES string of the molecule is CCCC(COc1cc(Cl)c(Cl)cc1Cl)CS(N)(=O)=O. The molecule has 0 bridgehead atoms. The van der Waals surface area contributed by atoms with Crippen LogP contribution < -0.4 is 9.88 Å². The molecule has 8 heteroatoms. The molecule has 20 heavy (non-hydrogen) atoms. The molecule has 0 aliphatic rings. The van der Waals surface area contributed by atoms with E-state index in [1.807, 2.05) is 6.92 Å². The van der Waals surface area contributed by atoms with Crippen LogP contribution in [-0.2, 0) is 10.0 Å². The van der Waals surface area contributed by atoms with E-state index in [2.05, 4.69) is 0 Å². The number of nitrogens with two attached hydrogens (primary N) is 1. The summed E-state index contributed by atoms with van der Waals surface area (Å²) in [5.41, 5.74) is 0. The zero-order chi connectivity index (χ0) is 15.3. The molecule has 0 aromatic heterocycles. The fourth-order valence-electron chi connectivity index (χ4n) is 1.77. The Morgan fingerprint density at radius 2 is 1.80 bits per heavy atom. The number of primary sulfonamides is 1. The van der Waals surface area contributed by atoms with Crippen LogP contribution in [0.5, 0.6) is 5.75 Å². The maximum Gasteiger partial charge on any atom is 0.209 e. The molecule has 0 saturated carbocycles. The van der Waals surface area contributed by atoms with Crippen molar-refractivity contribution in [1.29, 1.82) is 0 Å². The van der Waals surface area contributed by atoms with Gasteiger partial charge >= 0.3 is 0 Å². The highest BCUT2D eigenvalue weighted by atomic mass is 35.5. The monoisotopic (exact) mass is 359 g/mol. The first-order valence-corrected chi connectivity index (χ1v) is 8.85. The Kier molecular flexibility index (Phi) is 6.88. The average Bonchev–Trinajstić information content (AvgIpc) is 2.30. The summed E-state index contributed by atoms with van der Waals surface area (Å²) in [6.07, 6.45) is 1.52. The minimum absolute atomic E-state index is 0.125. The van der Waals surface area contributed by atoms with Crippen molar-refractivity contribution in [1.82, 2.24) is 0 Å². The highest BCUT2D eigenvalue weighted by Crippen LogP contribution is 2.34. The van der Waals surface area contributed by atoms with Gasteiger partial charge in [-0.2, -0.15) is 0 Å². The number of rotatable bonds is 7. The van der Waals surface area contributed by atoms with E-state index in [1.165, 1.54) is 12.1 Å². The summed E-state index contributed by atoms with van der Waals surface area (Å²) in [5.74, 6) is 0.0527. The predicted molar refractivity (Wildman–Crippen MR) is 83.3 cm³/mol. The molecule has 4 nitrogen and oxygen atoms in total. The molecule has 1 aromatic rings. The first kappa shape index (κ1) is 17.9. The average molecular weight is 361 g/mol. The van der Waals surface area contributed by atoms with Crippen LogP contribution in [0.3, 0.4) is 0 Å². The number of ether oxygens (including phenoxy) is 1. The third kappa shape index (κ3) is 6.06. The van der Waals surface area contributed by atoms with Crippen LogP contribution in [0.15, 0.2) is 12.1 Å². The van der Waals surface area contributed by atoms with Crippen LogP contribution in [0.25, 0.3) is 0 Å². The van der Waals surface area contributed by atoms with Crippen molar-refractivity contribution in [2.24, 2.45) is 11.1 Å². The minimum Gasteiger partial charge on any atom is -0.492 e. The summed E-state index contributed by atoms with van der Waals surface area (Å²) in [6.45, 7) is 2.16. The van der Waals surface area contributed by atoms with Crippen molar-refractivity contribution in [2.75, 3.05) is 12.4 Å². The van der Waals surface area contributed by atoms with E-state index in [0.717, 1.165) is 6.42 Å². The molecule has 1 unspecified atom stereocenters. The molecule has 0 heterocycles. The maximum absolute atomic E-state index is 11.2. The number of hydrogen-bond acceptors (Lipinski definition) is 3. The van der Waals surface area contributed by atoms with Crippen LogP contribution in [-0.4, -0.2) is 20.8 Å². The molecule has 0 aliphatic heterocycles. The summed E-state index contributed by atoms with van der Waals surface area (Å²) in [6, 6.07) is 2.99. The Labute approximate surface area is 134 Å². The van der Waals surface area contributed by atoms with Gasteiger partial charge in [-0.25, -0.2) is 13.6 Å². The van der Waals surface area contributed by atoms with Crippen molar-refractivity contribution in [3.63, 3.8) is 0 Å². The molecule has 0 radical (unpaired) electrons. The number of sulfonamides is 1. The Bertz CT molecular complexity index is 563. The third-order valence-electron chi connectivity index (χ3n) is 2.61. The standard InChI is InChI=1S/C12H16Cl3NO3S/c1-2-3-8(7-20(16,17)18)6-19-12-5-10(14)9(13)4-11(12)15/h4-5,8H,2-3,6-7H2,1H3,(H2,16,17,18). The quantitative estimate of drug-likeness (QED) is 0.753. The smallest absolute Gasteiger partial charge is 0.209 e. The number of halogens is 3. The van der Waals surface area contributed by atoms with Crippen molar-refractivity contribution in [2.45, 2.75) is 19.8 Å². The molecule has 0 amide bonds. The fraction of sp³-hybridized carbons (Fsp3) is 0.500. The van der Waals surface area contributed by atoms with Gasteiger partial charge in [-0.1, -0.05) is 48.1 Å². The summed E-state index contributed by atoms with van der Waals surface area (Å²) in [7, 11) is -3.54. The van der Waals surface area contributed by atoms with Crippen molar-refractivity contribution in [3.05, 3.63) is 27.2 Å². The van der Waals surface area contributed by atoms with Gasteiger partial charge in [0.15, 0.2) is 0 Å². The van der Waals surface area contributed by atoms with E-state index < -0.39 is 10.0 Å². The predicted octanol–water partition coefficient (Wildman–Crippen LogP) is 3.73. The Balaban J connectivity index is 2.75. The highest BCUT2D eigenvalue weighted by Gasteiger charge is 2.17. The first-order chi connectivity index (χ1) is 9.23. The summed E-state index contributed by atoms with van der Waals surface area (Å²) in [4.78, 5) is 0. The molecule has 0 spiro atoms. The highest BCUT2D eigenvalue weighted by molar-refractivity contribution is 7.89. The molecule has 0 fully saturated rings. The van der Waals surface area contributed by atoms with Gasteiger partial charge in [0, 0.05) is 12.0 Å². The van der Waals surface area contributed by atoms with E-state index in [-0.39, 0.29) is 18.3 Å². The van der Waals surface area contributed by atoms with Gasteiger partial charge in [0.25, 0.3) is 0 Å². The van der Waals surface area contributed by atoms with E-state index in [1.54, 1.807) is 0 Å². The van der Waals surface area contributed by atoms with Crippen LogP contribution in [0.1, 0.15) is 19.8 Å². The van der Waals surface area contributed by atoms with Crippen LogP contribution in [0.2, 0.25) is 15.1 Å². The normalized spacial score (nSPS) is 13.2. The zero-order valence-corrected chi connectivity index (χ0v) is 14.0. The molecule has 1 atom stereocenters. The van der Waals surface area contributed by atoms with Crippen LogP contribution in [0.4, 0.5) is 0 Å². The van der Waals surface area contributed by atoms with Crippen LogP contribution >= 0.6 is 34.8 Å². The molecule has 2 N–H and O–H groups in total. The van der Waals surface area contributed by atoms with Gasteiger partial charge in [0.1, 0.15) is 5.75 Å². The lowest BCUT2D eigenvalue weighted by molar-refractivity contribution is 0.253. The van der Waals surface area contributed by atoms with E-state index in [9.17, 15) is 8.42 Å².